The summed E-state index contributed by atoms with van der Waals surface area (Å²) in [7, 11) is -3.26. The van der Waals surface area contributed by atoms with Crippen molar-refractivity contribution < 1.29 is 17.9 Å². The molecule has 0 unspecified atom stereocenters. The van der Waals surface area contributed by atoms with Crippen LogP contribution in [0.15, 0.2) is 46.7 Å². The lowest BCUT2D eigenvalue weighted by Gasteiger charge is -2.25. The second-order valence-corrected chi connectivity index (χ2v) is 9.07. The number of Topliss-reactive ketones (excluding diaryl/α,β-unsaturated/α-hetero) is 1. The molecule has 0 atom stereocenters. The Balaban J connectivity index is 2.14. The number of thiophene rings is 1. The largest absolute Gasteiger partial charge is 0.478 e. The Morgan fingerprint density at radius 3 is 2.20 bits per heavy atom. The summed E-state index contributed by atoms with van der Waals surface area (Å²) in [5.74, 6) is 0.540. The molecule has 132 valence electrons. The molecule has 0 N–H and O–H groups in total. The summed E-state index contributed by atoms with van der Waals surface area (Å²) in [4.78, 5) is 14.2. The van der Waals surface area contributed by atoms with E-state index in [-0.39, 0.29) is 10.7 Å². The van der Waals surface area contributed by atoms with Gasteiger partial charge in [0.2, 0.25) is 5.78 Å². The lowest BCUT2D eigenvalue weighted by atomic mass is 9.89. The molecule has 0 fully saturated rings. The van der Waals surface area contributed by atoms with Gasteiger partial charge in [0.1, 0.15) is 5.76 Å². The fourth-order valence-electron chi connectivity index (χ4n) is 3.04. The highest BCUT2D eigenvalue weighted by atomic mass is 32.2. The van der Waals surface area contributed by atoms with Gasteiger partial charge < -0.3 is 4.74 Å². The van der Waals surface area contributed by atoms with E-state index in [1.165, 1.54) is 17.6 Å². The smallest absolute Gasteiger partial charge is 0.211 e. The summed E-state index contributed by atoms with van der Waals surface area (Å²) in [6, 6.07) is 10.3. The van der Waals surface area contributed by atoms with E-state index < -0.39 is 15.4 Å². The first kappa shape index (κ1) is 17.9. The number of benzene rings is 1. The van der Waals surface area contributed by atoms with Crippen molar-refractivity contribution in [3.05, 3.63) is 52.2 Å². The Hall–Kier alpha value is -1.92. The third-order valence-electron chi connectivity index (χ3n) is 4.62. The molecule has 1 aromatic heterocycles. The van der Waals surface area contributed by atoms with Crippen LogP contribution in [0.4, 0.5) is 0 Å². The molecule has 0 saturated heterocycles. The van der Waals surface area contributed by atoms with Gasteiger partial charge in [-0.15, -0.1) is 11.3 Å². The molecule has 0 spiro atoms. The quantitative estimate of drug-likeness (QED) is 0.785. The van der Waals surface area contributed by atoms with Crippen molar-refractivity contribution in [1.29, 1.82) is 0 Å². The zero-order chi connectivity index (χ0) is 18.2. The fraction of sp³-hybridized carbons (Fsp3) is 0.316. The number of sulfone groups is 1. The monoisotopic (exact) mass is 376 g/mol. The van der Waals surface area contributed by atoms with Gasteiger partial charge in [0.25, 0.3) is 0 Å². The van der Waals surface area contributed by atoms with E-state index in [0.717, 1.165) is 4.88 Å². The van der Waals surface area contributed by atoms with Gasteiger partial charge in [-0.3, -0.25) is 4.79 Å². The number of ether oxygens (including phenoxy) is 1. The maximum Gasteiger partial charge on any atom is 0.211 e. The van der Waals surface area contributed by atoms with Gasteiger partial charge in [-0.2, -0.15) is 0 Å². The predicted molar refractivity (Wildman–Crippen MR) is 100 cm³/mol. The summed E-state index contributed by atoms with van der Waals surface area (Å²) in [6.07, 6.45) is 2.34. The summed E-state index contributed by atoms with van der Waals surface area (Å²) >= 11 is 1.50. The van der Waals surface area contributed by atoms with E-state index in [0.29, 0.717) is 29.7 Å². The van der Waals surface area contributed by atoms with Crippen molar-refractivity contribution in [2.45, 2.75) is 37.2 Å². The number of carbonyl (C=O) groups is 1. The average Bonchev–Trinajstić information content (AvgIpc) is 3.20. The molecule has 4 nitrogen and oxygen atoms in total. The Morgan fingerprint density at radius 2 is 1.72 bits per heavy atom. The van der Waals surface area contributed by atoms with Crippen LogP contribution in [0.2, 0.25) is 0 Å². The van der Waals surface area contributed by atoms with Gasteiger partial charge in [-0.1, -0.05) is 19.9 Å². The number of carbonyl (C=O) groups excluding carboxylic acids is 1. The third kappa shape index (κ3) is 3.04. The van der Waals surface area contributed by atoms with Gasteiger partial charge in [0.05, 0.1) is 10.5 Å². The van der Waals surface area contributed by atoms with E-state index in [9.17, 15) is 13.2 Å². The lowest BCUT2D eigenvalue weighted by molar-refractivity contribution is -0.128. The average molecular weight is 376 g/mol. The number of hydrogen-bond acceptors (Lipinski definition) is 5. The Bertz CT molecular complexity index is 916. The van der Waals surface area contributed by atoms with Crippen molar-refractivity contribution in [1.82, 2.24) is 0 Å². The molecular weight excluding hydrogens is 356 g/mol. The minimum absolute atomic E-state index is 0.00198. The summed E-state index contributed by atoms with van der Waals surface area (Å²) in [5.41, 5.74) is 0.461. The Kier molecular flexibility index (Phi) is 4.60. The minimum atomic E-state index is -3.26. The molecule has 25 heavy (non-hydrogen) atoms. The normalized spacial score (nSPS) is 17.0. The van der Waals surface area contributed by atoms with Gasteiger partial charge >= 0.3 is 0 Å². The number of hydrogen-bond donors (Lipinski definition) is 0. The zero-order valence-corrected chi connectivity index (χ0v) is 16.0. The van der Waals surface area contributed by atoms with Gasteiger partial charge in [-0.05, 0) is 48.6 Å². The molecule has 0 bridgehead atoms. The van der Waals surface area contributed by atoms with E-state index in [4.69, 9.17) is 4.74 Å². The second-order valence-electron chi connectivity index (χ2n) is 6.11. The number of rotatable bonds is 5. The van der Waals surface area contributed by atoms with Crippen LogP contribution < -0.4 is 0 Å². The molecule has 0 aliphatic carbocycles. The van der Waals surface area contributed by atoms with Crippen molar-refractivity contribution in [3.8, 4) is 0 Å². The molecule has 0 radical (unpaired) electrons. The van der Waals surface area contributed by atoms with E-state index in [1.807, 2.05) is 31.4 Å². The molecule has 2 heterocycles. The molecule has 2 aromatic rings. The highest BCUT2D eigenvalue weighted by Gasteiger charge is 2.47. The topological polar surface area (TPSA) is 60.4 Å². The van der Waals surface area contributed by atoms with E-state index in [1.54, 1.807) is 24.3 Å². The van der Waals surface area contributed by atoms with Crippen molar-refractivity contribution in [2.75, 3.05) is 6.26 Å². The molecule has 3 rings (SSSR count). The zero-order valence-electron chi connectivity index (χ0n) is 14.4. The standard InChI is InChI=1S/C19H20O4S2/c1-4-19(5-2)18(20)16(15-7-6-12-24-15)17(23-19)13-8-10-14(11-9-13)25(3,21)22/h6-12H,4-5H2,1-3H3. The highest BCUT2D eigenvalue weighted by Crippen LogP contribution is 2.45. The summed E-state index contributed by atoms with van der Waals surface area (Å²) in [5, 5.41) is 1.93. The van der Waals surface area contributed by atoms with E-state index in [2.05, 4.69) is 0 Å². The van der Waals surface area contributed by atoms with Gasteiger partial charge in [0.15, 0.2) is 15.4 Å². The van der Waals surface area contributed by atoms with Crippen LogP contribution in [-0.4, -0.2) is 26.1 Å². The molecule has 6 heteroatoms. The van der Waals surface area contributed by atoms with E-state index >= 15 is 0 Å². The van der Waals surface area contributed by atoms with Crippen LogP contribution in [-0.2, 0) is 19.4 Å². The van der Waals surface area contributed by atoms with Gasteiger partial charge in [0, 0.05) is 16.7 Å². The maximum atomic E-state index is 13.1. The summed E-state index contributed by atoms with van der Waals surface area (Å²) in [6.45, 7) is 3.90. The van der Waals surface area contributed by atoms with Crippen molar-refractivity contribution in [3.63, 3.8) is 0 Å². The SMILES string of the molecule is CCC1(CC)OC(c2ccc(S(C)(=O)=O)cc2)=C(c2cccs2)C1=O. The summed E-state index contributed by atoms with van der Waals surface area (Å²) < 4.78 is 29.5. The van der Waals surface area contributed by atoms with Crippen LogP contribution in [0.5, 0.6) is 0 Å². The van der Waals surface area contributed by atoms with Crippen LogP contribution >= 0.6 is 11.3 Å². The fourth-order valence-corrected chi connectivity index (χ4v) is 4.44. The highest BCUT2D eigenvalue weighted by molar-refractivity contribution is 7.90. The molecule has 1 aromatic carbocycles. The van der Waals surface area contributed by atoms with Crippen LogP contribution in [0.3, 0.4) is 0 Å². The Morgan fingerprint density at radius 1 is 1.08 bits per heavy atom. The molecule has 1 aliphatic heterocycles. The van der Waals surface area contributed by atoms with Crippen LogP contribution in [0.25, 0.3) is 11.3 Å². The third-order valence-corrected chi connectivity index (χ3v) is 6.64. The maximum absolute atomic E-state index is 13.1. The molecule has 0 amide bonds. The number of ketones is 1. The second kappa shape index (κ2) is 6.42. The van der Waals surface area contributed by atoms with Crippen LogP contribution in [0, 0.1) is 0 Å². The van der Waals surface area contributed by atoms with Crippen molar-refractivity contribution >= 4 is 38.3 Å². The lowest BCUT2D eigenvalue weighted by Crippen LogP contribution is -2.35. The minimum Gasteiger partial charge on any atom is -0.478 e. The van der Waals surface area contributed by atoms with Crippen molar-refractivity contribution in [2.24, 2.45) is 0 Å². The first-order valence-corrected chi connectivity index (χ1v) is 10.9. The van der Waals surface area contributed by atoms with Crippen LogP contribution in [0.1, 0.15) is 37.1 Å². The molecule has 1 aliphatic rings. The first-order valence-electron chi connectivity index (χ1n) is 8.15. The molecular formula is C19H20O4S2. The van der Waals surface area contributed by atoms with Gasteiger partial charge in [-0.25, -0.2) is 8.42 Å². The first-order chi connectivity index (χ1) is 11.8. The predicted octanol–water partition coefficient (Wildman–Crippen LogP) is 4.18. The Labute approximate surface area is 152 Å². The molecule has 0 saturated carbocycles.